The van der Waals surface area contributed by atoms with E-state index < -0.39 is 12.0 Å². The topological polar surface area (TPSA) is 78.9 Å². The number of methoxy groups -OCH3 is 1. The average Bonchev–Trinajstić information content (AvgIpc) is 2.42. The number of aliphatic carboxylic acids is 1. The van der Waals surface area contributed by atoms with Crippen molar-refractivity contribution in [1.29, 1.82) is 0 Å². The number of ether oxygens (including phenoxy) is 1. The van der Waals surface area contributed by atoms with E-state index in [0.29, 0.717) is 25.3 Å². The van der Waals surface area contributed by atoms with E-state index in [1.165, 1.54) is 0 Å². The molecule has 0 radical (unpaired) electrons. The third-order valence-electron chi connectivity index (χ3n) is 3.13. The van der Waals surface area contributed by atoms with Gasteiger partial charge in [-0.15, -0.1) is 0 Å². The van der Waals surface area contributed by atoms with Crippen LogP contribution in [0.1, 0.15) is 26.7 Å². The lowest BCUT2D eigenvalue weighted by Gasteiger charge is -2.29. The normalized spacial score (nSPS) is 13.6. The van der Waals surface area contributed by atoms with E-state index in [1.54, 1.807) is 23.8 Å². The summed E-state index contributed by atoms with van der Waals surface area (Å²) in [6.07, 6.45) is 3.13. The monoisotopic (exact) mass is 306 g/mol. The fourth-order valence-corrected chi connectivity index (χ4v) is 2.13. The van der Waals surface area contributed by atoms with Crippen molar-refractivity contribution in [2.24, 2.45) is 0 Å². The van der Waals surface area contributed by atoms with Gasteiger partial charge in [0.25, 0.3) is 0 Å². The fourth-order valence-electron chi connectivity index (χ4n) is 1.66. The average molecular weight is 306 g/mol. The molecule has 0 saturated carbocycles. The van der Waals surface area contributed by atoms with Gasteiger partial charge in [0.1, 0.15) is 6.04 Å². The first kappa shape index (κ1) is 19.1. The third kappa shape index (κ3) is 7.00. The molecular formula is C13H26N2O4S. The zero-order chi connectivity index (χ0) is 15.5. The highest BCUT2D eigenvalue weighted by Gasteiger charge is 2.24. The highest BCUT2D eigenvalue weighted by atomic mass is 32.2. The summed E-state index contributed by atoms with van der Waals surface area (Å²) in [4.78, 5) is 25.0. The number of hydrogen-bond acceptors (Lipinski definition) is 4. The minimum atomic E-state index is -0.997. The van der Waals surface area contributed by atoms with Gasteiger partial charge in [-0.2, -0.15) is 11.8 Å². The van der Waals surface area contributed by atoms with Gasteiger partial charge in [-0.1, -0.05) is 6.92 Å². The zero-order valence-corrected chi connectivity index (χ0v) is 13.5. The number of nitrogens with zero attached hydrogens (tertiary/aromatic N) is 1. The van der Waals surface area contributed by atoms with Crippen LogP contribution in [0, 0.1) is 0 Å². The number of rotatable bonds is 10. The van der Waals surface area contributed by atoms with Gasteiger partial charge in [0.15, 0.2) is 0 Å². The molecule has 20 heavy (non-hydrogen) atoms. The molecule has 0 spiro atoms. The Bertz CT molecular complexity index is 302. The fraction of sp³-hybridized carbons (Fsp3) is 0.846. The second-order valence-electron chi connectivity index (χ2n) is 4.57. The molecule has 2 unspecified atom stereocenters. The summed E-state index contributed by atoms with van der Waals surface area (Å²) < 4.78 is 4.99. The molecule has 0 aromatic heterocycles. The van der Waals surface area contributed by atoms with Crippen LogP contribution in [0.5, 0.6) is 0 Å². The lowest BCUT2D eigenvalue weighted by Crippen LogP contribution is -2.51. The summed E-state index contributed by atoms with van der Waals surface area (Å²) in [5.41, 5.74) is 0. The van der Waals surface area contributed by atoms with Gasteiger partial charge in [0, 0.05) is 19.7 Å². The summed E-state index contributed by atoms with van der Waals surface area (Å²) in [5.74, 6) is -0.304. The SMILES string of the molecule is CCC(C)N(CCOC)C(=O)NC(CCSC)C(=O)O. The molecule has 0 aliphatic rings. The standard InChI is InChI=1S/C13H26N2O4S/c1-5-10(2)15(7-8-19-3)13(18)14-11(12(16)17)6-9-20-4/h10-11H,5-9H2,1-4H3,(H,14,18)(H,16,17). The van der Waals surface area contributed by atoms with Crippen molar-refractivity contribution >= 4 is 23.8 Å². The maximum absolute atomic E-state index is 12.2. The summed E-state index contributed by atoms with van der Waals surface area (Å²) in [6, 6.07) is -1.14. The minimum absolute atomic E-state index is 0.0418. The maximum Gasteiger partial charge on any atom is 0.326 e. The van der Waals surface area contributed by atoms with Crippen molar-refractivity contribution in [1.82, 2.24) is 10.2 Å². The largest absolute Gasteiger partial charge is 0.480 e. The van der Waals surface area contributed by atoms with Crippen LogP contribution < -0.4 is 5.32 Å². The van der Waals surface area contributed by atoms with Crippen LogP contribution in [-0.2, 0) is 9.53 Å². The van der Waals surface area contributed by atoms with Crippen molar-refractivity contribution in [3.05, 3.63) is 0 Å². The van der Waals surface area contributed by atoms with E-state index in [9.17, 15) is 9.59 Å². The predicted octanol–water partition coefficient (Wildman–Crippen LogP) is 1.65. The first-order chi connectivity index (χ1) is 9.47. The number of thioether (sulfide) groups is 1. The quantitative estimate of drug-likeness (QED) is 0.641. The van der Waals surface area contributed by atoms with Crippen LogP contribution in [0.15, 0.2) is 0 Å². The molecule has 0 aromatic carbocycles. The third-order valence-corrected chi connectivity index (χ3v) is 3.77. The van der Waals surface area contributed by atoms with Crippen LogP contribution in [0.4, 0.5) is 4.79 Å². The summed E-state index contributed by atoms with van der Waals surface area (Å²) in [5, 5.41) is 11.7. The lowest BCUT2D eigenvalue weighted by molar-refractivity contribution is -0.139. The van der Waals surface area contributed by atoms with E-state index in [2.05, 4.69) is 5.32 Å². The Morgan fingerprint density at radius 3 is 2.55 bits per heavy atom. The molecule has 0 bridgehead atoms. The van der Waals surface area contributed by atoms with Gasteiger partial charge >= 0.3 is 12.0 Å². The number of carboxylic acids is 1. The summed E-state index contributed by atoms with van der Waals surface area (Å²) >= 11 is 1.56. The Balaban J connectivity index is 4.64. The Hall–Kier alpha value is -0.950. The molecule has 0 aliphatic heterocycles. The van der Waals surface area contributed by atoms with Gasteiger partial charge in [0.2, 0.25) is 0 Å². The first-order valence-corrected chi connectivity index (χ1v) is 8.15. The zero-order valence-electron chi connectivity index (χ0n) is 12.7. The molecule has 0 saturated heterocycles. The molecule has 2 N–H and O–H groups in total. The van der Waals surface area contributed by atoms with Gasteiger partial charge in [-0.3, -0.25) is 0 Å². The molecule has 0 aliphatic carbocycles. The number of nitrogens with one attached hydrogen (secondary N) is 1. The molecule has 7 heteroatoms. The molecule has 2 atom stereocenters. The van der Waals surface area contributed by atoms with Crippen molar-refractivity contribution < 1.29 is 19.4 Å². The van der Waals surface area contributed by atoms with E-state index in [1.807, 2.05) is 20.1 Å². The van der Waals surface area contributed by atoms with Crippen molar-refractivity contribution in [3.8, 4) is 0 Å². The van der Waals surface area contributed by atoms with E-state index in [0.717, 1.165) is 6.42 Å². The van der Waals surface area contributed by atoms with Crippen LogP contribution in [0.25, 0.3) is 0 Å². The highest BCUT2D eigenvalue weighted by Crippen LogP contribution is 2.06. The Morgan fingerprint density at radius 1 is 1.45 bits per heavy atom. The Morgan fingerprint density at radius 2 is 2.10 bits per heavy atom. The molecule has 2 amide bonds. The van der Waals surface area contributed by atoms with Gasteiger partial charge in [-0.25, -0.2) is 9.59 Å². The smallest absolute Gasteiger partial charge is 0.326 e. The Kier molecular flexibility index (Phi) is 10.3. The lowest BCUT2D eigenvalue weighted by atomic mass is 10.2. The van der Waals surface area contributed by atoms with Crippen LogP contribution in [0.2, 0.25) is 0 Å². The van der Waals surface area contributed by atoms with Crippen molar-refractivity contribution in [2.45, 2.75) is 38.8 Å². The van der Waals surface area contributed by atoms with Crippen LogP contribution in [-0.4, -0.2) is 66.4 Å². The molecule has 0 aromatic rings. The van der Waals surface area contributed by atoms with Crippen LogP contribution in [0.3, 0.4) is 0 Å². The van der Waals surface area contributed by atoms with Gasteiger partial charge < -0.3 is 20.1 Å². The number of amides is 2. The molecule has 118 valence electrons. The van der Waals surface area contributed by atoms with E-state index in [-0.39, 0.29) is 12.1 Å². The maximum atomic E-state index is 12.2. The van der Waals surface area contributed by atoms with Crippen molar-refractivity contribution in [2.75, 3.05) is 32.3 Å². The number of carbonyl (C=O) groups is 2. The second-order valence-corrected chi connectivity index (χ2v) is 5.55. The summed E-state index contributed by atoms with van der Waals surface area (Å²) in [7, 11) is 1.57. The first-order valence-electron chi connectivity index (χ1n) is 6.75. The number of carboxylic acid groups (broad SMARTS) is 1. The number of urea groups is 1. The van der Waals surface area contributed by atoms with E-state index in [4.69, 9.17) is 9.84 Å². The number of hydrogen-bond donors (Lipinski definition) is 2. The van der Waals surface area contributed by atoms with Crippen LogP contribution >= 0.6 is 11.8 Å². The molecule has 0 rings (SSSR count). The summed E-state index contributed by atoms with van der Waals surface area (Å²) in [6.45, 7) is 4.81. The number of carbonyl (C=O) groups excluding carboxylic acids is 1. The molecular weight excluding hydrogens is 280 g/mol. The Labute approximate surface area is 125 Å². The van der Waals surface area contributed by atoms with Crippen molar-refractivity contribution in [3.63, 3.8) is 0 Å². The predicted molar refractivity (Wildman–Crippen MR) is 81.3 cm³/mol. The van der Waals surface area contributed by atoms with E-state index >= 15 is 0 Å². The second kappa shape index (κ2) is 10.8. The molecule has 6 nitrogen and oxygen atoms in total. The minimum Gasteiger partial charge on any atom is -0.480 e. The molecule has 0 fully saturated rings. The highest BCUT2D eigenvalue weighted by molar-refractivity contribution is 7.98. The van der Waals surface area contributed by atoms with Gasteiger partial charge in [-0.05, 0) is 31.8 Å². The molecule has 0 heterocycles. The van der Waals surface area contributed by atoms with Gasteiger partial charge in [0.05, 0.1) is 6.61 Å².